The van der Waals surface area contributed by atoms with Crippen LogP contribution in [-0.4, -0.2) is 27.6 Å². The van der Waals surface area contributed by atoms with Crippen LogP contribution in [0.15, 0.2) is 60.9 Å². The Morgan fingerprint density at radius 1 is 1.00 bits per heavy atom. The van der Waals surface area contributed by atoms with E-state index in [2.05, 4.69) is 20.3 Å². The molecular weight excluding hydrogens is 381 g/mol. The number of pyridine rings is 1. The highest BCUT2D eigenvalue weighted by molar-refractivity contribution is 5.57. The van der Waals surface area contributed by atoms with E-state index in [-0.39, 0.29) is 23.8 Å². The van der Waals surface area contributed by atoms with E-state index < -0.39 is 11.9 Å². The zero-order valence-corrected chi connectivity index (χ0v) is 15.4. The average Bonchev–Trinajstić information content (AvgIpc) is 2.74. The van der Waals surface area contributed by atoms with Crippen LogP contribution in [0.25, 0.3) is 11.4 Å². The number of halogens is 3. The SMILES string of the molecule is FC(F)(F)c1cc(NC2CCOC(c3ccccc3)C2)nc(-c2ccncc2)n1. The van der Waals surface area contributed by atoms with Gasteiger partial charge in [-0.2, -0.15) is 13.2 Å². The summed E-state index contributed by atoms with van der Waals surface area (Å²) in [5.41, 5.74) is 0.548. The minimum atomic E-state index is -4.57. The minimum absolute atomic E-state index is 0.0105. The maximum Gasteiger partial charge on any atom is 0.433 e. The Labute approximate surface area is 166 Å². The summed E-state index contributed by atoms with van der Waals surface area (Å²) in [6, 6.07) is 13.9. The topological polar surface area (TPSA) is 59.9 Å². The van der Waals surface area contributed by atoms with Crippen molar-refractivity contribution in [2.24, 2.45) is 0 Å². The van der Waals surface area contributed by atoms with Gasteiger partial charge in [-0.3, -0.25) is 4.98 Å². The highest BCUT2D eigenvalue weighted by atomic mass is 19.4. The van der Waals surface area contributed by atoms with E-state index in [0.29, 0.717) is 25.0 Å². The highest BCUT2D eigenvalue weighted by Crippen LogP contribution is 2.33. The van der Waals surface area contributed by atoms with E-state index in [1.54, 1.807) is 12.1 Å². The third kappa shape index (κ3) is 4.71. The first-order valence-corrected chi connectivity index (χ1v) is 9.29. The summed E-state index contributed by atoms with van der Waals surface area (Å²) in [5.74, 6) is 0.161. The quantitative estimate of drug-likeness (QED) is 0.676. The zero-order valence-electron chi connectivity index (χ0n) is 15.4. The van der Waals surface area contributed by atoms with Crippen molar-refractivity contribution < 1.29 is 17.9 Å². The van der Waals surface area contributed by atoms with Gasteiger partial charge in [0.15, 0.2) is 11.5 Å². The molecule has 1 aliphatic heterocycles. The Morgan fingerprint density at radius 3 is 2.48 bits per heavy atom. The van der Waals surface area contributed by atoms with Crippen LogP contribution >= 0.6 is 0 Å². The molecule has 0 spiro atoms. The second-order valence-corrected chi connectivity index (χ2v) is 6.83. The van der Waals surface area contributed by atoms with E-state index in [1.807, 2.05) is 30.3 Å². The molecule has 2 aromatic heterocycles. The number of hydrogen-bond acceptors (Lipinski definition) is 5. The van der Waals surface area contributed by atoms with Crippen molar-refractivity contribution in [2.75, 3.05) is 11.9 Å². The van der Waals surface area contributed by atoms with Crippen molar-refractivity contribution >= 4 is 5.82 Å². The fourth-order valence-electron chi connectivity index (χ4n) is 3.33. The zero-order chi connectivity index (χ0) is 20.3. The summed E-state index contributed by atoms with van der Waals surface area (Å²) >= 11 is 0. The lowest BCUT2D eigenvalue weighted by molar-refractivity contribution is -0.141. The van der Waals surface area contributed by atoms with Crippen LogP contribution in [0.3, 0.4) is 0 Å². The number of nitrogens with one attached hydrogen (secondary N) is 1. The number of benzene rings is 1. The Kier molecular flexibility index (Phi) is 5.44. The van der Waals surface area contributed by atoms with E-state index in [0.717, 1.165) is 11.6 Å². The van der Waals surface area contributed by atoms with Crippen LogP contribution in [0.1, 0.15) is 30.2 Å². The summed E-state index contributed by atoms with van der Waals surface area (Å²) in [6.45, 7) is 0.519. The molecule has 8 heteroatoms. The monoisotopic (exact) mass is 400 g/mol. The third-order valence-electron chi connectivity index (χ3n) is 4.76. The third-order valence-corrected chi connectivity index (χ3v) is 4.76. The number of hydrogen-bond donors (Lipinski definition) is 1. The molecule has 1 fully saturated rings. The lowest BCUT2D eigenvalue weighted by atomic mass is 9.97. The van der Waals surface area contributed by atoms with Gasteiger partial charge >= 0.3 is 6.18 Å². The Morgan fingerprint density at radius 2 is 1.76 bits per heavy atom. The molecule has 0 radical (unpaired) electrons. The van der Waals surface area contributed by atoms with Gasteiger partial charge in [-0.25, -0.2) is 9.97 Å². The summed E-state index contributed by atoms with van der Waals surface area (Å²) < 4.78 is 46.0. The molecule has 150 valence electrons. The van der Waals surface area contributed by atoms with Crippen molar-refractivity contribution in [3.8, 4) is 11.4 Å². The van der Waals surface area contributed by atoms with Gasteiger partial charge in [-0.05, 0) is 30.5 Å². The van der Waals surface area contributed by atoms with E-state index in [4.69, 9.17) is 4.74 Å². The first kappa shape index (κ1) is 19.3. The molecule has 2 unspecified atom stereocenters. The Hall–Kier alpha value is -3.00. The summed E-state index contributed by atoms with van der Waals surface area (Å²) in [7, 11) is 0. The van der Waals surface area contributed by atoms with Crippen LogP contribution in [0, 0.1) is 0 Å². The Balaban J connectivity index is 1.59. The predicted octanol–water partition coefficient (Wildman–Crippen LogP) is 4.89. The average molecular weight is 400 g/mol. The molecule has 3 heterocycles. The molecular formula is C21H19F3N4O. The highest BCUT2D eigenvalue weighted by Gasteiger charge is 2.34. The number of anilines is 1. The molecule has 2 atom stereocenters. The summed E-state index contributed by atoms with van der Waals surface area (Å²) in [5, 5.41) is 3.16. The predicted molar refractivity (Wildman–Crippen MR) is 102 cm³/mol. The second kappa shape index (κ2) is 8.16. The van der Waals surface area contributed by atoms with Gasteiger partial charge in [0.2, 0.25) is 0 Å². The molecule has 29 heavy (non-hydrogen) atoms. The number of nitrogens with zero attached hydrogens (tertiary/aromatic N) is 3. The van der Waals surface area contributed by atoms with Crippen molar-refractivity contribution in [2.45, 2.75) is 31.2 Å². The van der Waals surface area contributed by atoms with Gasteiger partial charge in [0.25, 0.3) is 0 Å². The minimum Gasteiger partial charge on any atom is -0.373 e. The molecule has 1 aromatic carbocycles. The second-order valence-electron chi connectivity index (χ2n) is 6.83. The largest absolute Gasteiger partial charge is 0.433 e. The lowest BCUT2D eigenvalue weighted by Crippen LogP contribution is -2.30. The van der Waals surface area contributed by atoms with Crippen LogP contribution in [0.4, 0.5) is 19.0 Å². The van der Waals surface area contributed by atoms with Gasteiger partial charge in [0.1, 0.15) is 5.82 Å². The van der Waals surface area contributed by atoms with E-state index in [1.165, 1.54) is 12.4 Å². The number of rotatable bonds is 4. The normalized spacial score (nSPS) is 19.7. The van der Waals surface area contributed by atoms with Gasteiger partial charge in [0, 0.05) is 36.7 Å². The molecule has 1 N–H and O–H groups in total. The maximum absolute atomic E-state index is 13.4. The molecule has 0 amide bonds. The first-order chi connectivity index (χ1) is 14.0. The Bertz CT molecular complexity index is 951. The lowest BCUT2D eigenvalue weighted by Gasteiger charge is -2.31. The molecule has 4 rings (SSSR count). The van der Waals surface area contributed by atoms with Gasteiger partial charge in [-0.1, -0.05) is 30.3 Å². The van der Waals surface area contributed by atoms with Crippen molar-refractivity contribution in [1.29, 1.82) is 0 Å². The standard InChI is InChI=1S/C21H19F3N4O/c22-21(23,24)18-13-19(28-20(27-18)15-6-9-25-10-7-15)26-16-8-11-29-17(12-16)14-4-2-1-3-5-14/h1-7,9-10,13,16-17H,8,11-12H2,(H,26,27,28). The number of aromatic nitrogens is 3. The van der Waals surface area contributed by atoms with Crippen molar-refractivity contribution in [3.63, 3.8) is 0 Å². The smallest absolute Gasteiger partial charge is 0.373 e. The first-order valence-electron chi connectivity index (χ1n) is 9.29. The molecule has 0 saturated carbocycles. The van der Waals surface area contributed by atoms with Crippen molar-refractivity contribution in [3.05, 3.63) is 72.2 Å². The fraction of sp³-hybridized carbons (Fsp3) is 0.286. The fourth-order valence-corrected chi connectivity index (χ4v) is 3.33. The van der Waals surface area contributed by atoms with Crippen LogP contribution < -0.4 is 5.32 Å². The van der Waals surface area contributed by atoms with Crippen molar-refractivity contribution in [1.82, 2.24) is 15.0 Å². The molecule has 1 saturated heterocycles. The van der Waals surface area contributed by atoms with Crippen LogP contribution in [0.5, 0.6) is 0 Å². The maximum atomic E-state index is 13.4. The van der Waals surface area contributed by atoms with Crippen LogP contribution in [-0.2, 0) is 10.9 Å². The molecule has 3 aromatic rings. The van der Waals surface area contributed by atoms with Gasteiger partial charge < -0.3 is 10.1 Å². The van der Waals surface area contributed by atoms with Crippen LogP contribution in [0.2, 0.25) is 0 Å². The molecule has 5 nitrogen and oxygen atoms in total. The number of alkyl halides is 3. The molecule has 0 bridgehead atoms. The molecule has 1 aliphatic rings. The van der Waals surface area contributed by atoms with E-state index in [9.17, 15) is 13.2 Å². The number of ether oxygens (including phenoxy) is 1. The van der Waals surface area contributed by atoms with E-state index >= 15 is 0 Å². The summed E-state index contributed by atoms with van der Waals surface area (Å²) in [6.07, 6.45) is -0.363. The summed E-state index contributed by atoms with van der Waals surface area (Å²) in [4.78, 5) is 11.9. The van der Waals surface area contributed by atoms with Gasteiger partial charge in [0.05, 0.1) is 6.10 Å². The molecule has 0 aliphatic carbocycles. The van der Waals surface area contributed by atoms with Gasteiger partial charge in [-0.15, -0.1) is 0 Å².